The Morgan fingerprint density at radius 2 is 1.80 bits per heavy atom. The molecule has 0 amide bonds. The normalized spacial score (nSPS) is 11.1. The Morgan fingerprint density at radius 1 is 1.00 bits per heavy atom. The molecule has 0 aliphatic carbocycles. The molecule has 8 nitrogen and oxygen atoms in total. The number of aryl methyl sites for hydroxylation is 2. The predicted molar refractivity (Wildman–Crippen MR) is 117 cm³/mol. The molecule has 9 heteroatoms. The van der Waals surface area contributed by atoms with Crippen LogP contribution in [0.15, 0.2) is 59.8 Å². The van der Waals surface area contributed by atoms with E-state index >= 15 is 0 Å². The van der Waals surface area contributed by atoms with Gasteiger partial charge >= 0.3 is 0 Å². The van der Waals surface area contributed by atoms with Crippen molar-refractivity contribution in [3.05, 3.63) is 71.4 Å². The fraction of sp³-hybridized carbons (Fsp3) is 0.286. The number of aromatic nitrogens is 7. The lowest BCUT2D eigenvalue weighted by atomic mass is 10.1. The predicted octanol–water partition coefficient (Wildman–Crippen LogP) is 2.71. The van der Waals surface area contributed by atoms with Gasteiger partial charge in [0, 0.05) is 31.5 Å². The maximum Gasteiger partial charge on any atom is 0.209 e. The Morgan fingerprint density at radius 3 is 2.53 bits per heavy atom. The molecule has 0 aliphatic rings. The number of rotatable bonds is 9. The van der Waals surface area contributed by atoms with E-state index in [2.05, 4.69) is 64.2 Å². The number of thioether (sulfide) groups is 1. The van der Waals surface area contributed by atoms with Crippen LogP contribution < -0.4 is 5.32 Å². The van der Waals surface area contributed by atoms with Gasteiger partial charge in [-0.2, -0.15) is 15.0 Å². The van der Waals surface area contributed by atoms with Crippen LogP contribution in [-0.4, -0.2) is 47.5 Å². The van der Waals surface area contributed by atoms with Crippen LogP contribution in [0.25, 0.3) is 11.3 Å². The van der Waals surface area contributed by atoms with E-state index in [4.69, 9.17) is 10.2 Å². The zero-order chi connectivity index (χ0) is 20.8. The van der Waals surface area contributed by atoms with E-state index < -0.39 is 0 Å². The minimum absolute atomic E-state index is 0.648. The molecule has 4 aromatic rings. The van der Waals surface area contributed by atoms with Gasteiger partial charge in [0.2, 0.25) is 5.16 Å². The van der Waals surface area contributed by atoms with Crippen LogP contribution in [0.1, 0.15) is 16.8 Å². The summed E-state index contributed by atoms with van der Waals surface area (Å²) < 4.78 is 1.68. The SMILES string of the molecule is Cc1ccc(Cn2nc(CNCCSc3nnnn3C)c(-c3ccccc3)n2)cc1. The van der Waals surface area contributed by atoms with Gasteiger partial charge in [-0.25, -0.2) is 4.68 Å². The second kappa shape index (κ2) is 9.64. The highest BCUT2D eigenvalue weighted by molar-refractivity contribution is 7.99. The number of benzene rings is 2. The zero-order valence-electron chi connectivity index (χ0n) is 17.1. The topological polar surface area (TPSA) is 86.3 Å². The highest BCUT2D eigenvalue weighted by atomic mass is 32.2. The van der Waals surface area contributed by atoms with E-state index in [0.29, 0.717) is 13.1 Å². The highest BCUT2D eigenvalue weighted by Gasteiger charge is 2.13. The Kier molecular flexibility index (Phi) is 6.50. The molecule has 0 aliphatic heterocycles. The molecule has 0 radical (unpaired) electrons. The van der Waals surface area contributed by atoms with Crippen molar-refractivity contribution in [2.75, 3.05) is 12.3 Å². The van der Waals surface area contributed by atoms with Crippen LogP contribution in [0, 0.1) is 6.92 Å². The Hall–Kier alpha value is -3.04. The van der Waals surface area contributed by atoms with Gasteiger partial charge in [-0.15, -0.1) is 5.10 Å². The summed E-state index contributed by atoms with van der Waals surface area (Å²) in [5, 5.41) is 25.3. The van der Waals surface area contributed by atoms with Crippen LogP contribution in [-0.2, 0) is 20.1 Å². The summed E-state index contributed by atoms with van der Waals surface area (Å²) in [6, 6.07) is 18.7. The van der Waals surface area contributed by atoms with Crippen molar-refractivity contribution in [1.82, 2.24) is 40.5 Å². The number of tetrazole rings is 1. The zero-order valence-corrected chi connectivity index (χ0v) is 17.9. The molecule has 1 N–H and O–H groups in total. The molecule has 154 valence electrons. The molecule has 0 unspecified atom stereocenters. The summed E-state index contributed by atoms with van der Waals surface area (Å²) in [6.07, 6.45) is 0. The first-order valence-electron chi connectivity index (χ1n) is 9.80. The molecule has 4 rings (SSSR count). The second-order valence-corrected chi connectivity index (χ2v) is 8.05. The Bertz CT molecular complexity index is 1070. The third-order valence-corrected chi connectivity index (χ3v) is 5.61. The molecule has 0 fully saturated rings. The van der Waals surface area contributed by atoms with Crippen molar-refractivity contribution >= 4 is 11.8 Å². The maximum atomic E-state index is 4.78. The van der Waals surface area contributed by atoms with Crippen LogP contribution in [0.2, 0.25) is 0 Å². The summed E-state index contributed by atoms with van der Waals surface area (Å²) in [5.74, 6) is 0.867. The second-order valence-electron chi connectivity index (χ2n) is 6.99. The highest BCUT2D eigenvalue weighted by Crippen LogP contribution is 2.20. The van der Waals surface area contributed by atoms with E-state index in [1.165, 1.54) is 11.1 Å². The number of hydrogen-bond donors (Lipinski definition) is 1. The monoisotopic (exact) mass is 420 g/mol. The molecule has 0 bridgehead atoms. The molecule has 0 atom stereocenters. The van der Waals surface area contributed by atoms with E-state index in [9.17, 15) is 0 Å². The first kappa shape index (κ1) is 20.2. The molecule has 30 heavy (non-hydrogen) atoms. The van der Waals surface area contributed by atoms with Gasteiger partial charge in [-0.05, 0) is 22.9 Å². The minimum Gasteiger partial charge on any atom is -0.310 e. The van der Waals surface area contributed by atoms with E-state index in [1.807, 2.05) is 25.2 Å². The van der Waals surface area contributed by atoms with Gasteiger partial charge in [0.1, 0.15) is 11.4 Å². The maximum absolute atomic E-state index is 4.78. The quantitative estimate of drug-likeness (QED) is 0.329. The molecular formula is C21H24N8S. The average molecular weight is 421 g/mol. The summed E-state index contributed by atoms with van der Waals surface area (Å²) in [7, 11) is 1.84. The van der Waals surface area contributed by atoms with Crippen LogP contribution in [0.3, 0.4) is 0 Å². The lowest BCUT2D eigenvalue weighted by Crippen LogP contribution is -2.18. The smallest absolute Gasteiger partial charge is 0.209 e. The van der Waals surface area contributed by atoms with E-state index in [-0.39, 0.29) is 0 Å². The van der Waals surface area contributed by atoms with Gasteiger partial charge in [0.15, 0.2) is 0 Å². The minimum atomic E-state index is 0.648. The van der Waals surface area contributed by atoms with Crippen molar-refractivity contribution < 1.29 is 0 Å². The molecule has 0 saturated heterocycles. The fourth-order valence-electron chi connectivity index (χ4n) is 3.01. The average Bonchev–Trinajstić information content (AvgIpc) is 3.36. The summed E-state index contributed by atoms with van der Waals surface area (Å²) in [5.41, 5.74) is 5.36. The van der Waals surface area contributed by atoms with Crippen molar-refractivity contribution in [3.8, 4) is 11.3 Å². The Labute approximate surface area is 179 Å². The van der Waals surface area contributed by atoms with E-state index in [0.717, 1.165) is 34.4 Å². The van der Waals surface area contributed by atoms with Gasteiger partial charge in [0.25, 0.3) is 0 Å². The van der Waals surface area contributed by atoms with Gasteiger partial charge < -0.3 is 5.32 Å². The first-order valence-corrected chi connectivity index (χ1v) is 10.8. The lowest BCUT2D eigenvalue weighted by molar-refractivity contribution is 0.579. The molecule has 2 aromatic carbocycles. The first-order chi connectivity index (χ1) is 14.7. The number of hydrogen-bond acceptors (Lipinski definition) is 7. The van der Waals surface area contributed by atoms with Crippen molar-refractivity contribution in [3.63, 3.8) is 0 Å². The molecule has 2 aromatic heterocycles. The van der Waals surface area contributed by atoms with E-state index in [1.54, 1.807) is 21.2 Å². The largest absolute Gasteiger partial charge is 0.310 e. The summed E-state index contributed by atoms with van der Waals surface area (Å²) in [6.45, 7) is 4.20. The number of nitrogens with zero attached hydrogens (tertiary/aromatic N) is 7. The number of nitrogens with one attached hydrogen (secondary N) is 1. The molecule has 0 spiro atoms. The third-order valence-electron chi connectivity index (χ3n) is 4.60. The van der Waals surface area contributed by atoms with Gasteiger partial charge in [0.05, 0.1) is 6.54 Å². The summed E-state index contributed by atoms with van der Waals surface area (Å²) >= 11 is 1.62. The van der Waals surface area contributed by atoms with Gasteiger partial charge in [-0.3, -0.25) is 0 Å². The molecule has 2 heterocycles. The lowest BCUT2D eigenvalue weighted by Gasteiger charge is -2.04. The van der Waals surface area contributed by atoms with Crippen molar-refractivity contribution in [2.45, 2.75) is 25.2 Å². The molecular weight excluding hydrogens is 396 g/mol. The van der Waals surface area contributed by atoms with Crippen molar-refractivity contribution in [2.24, 2.45) is 7.05 Å². The fourth-order valence-corrected chi connectivity index (χ4v) is 3.76. The Balaban J connectivity index is 1.42. The molecule has 0 saturated carbocycles. The summed E-state index contributed by atoms with van der Waals surface area (Å²) in [4.78, 5) is 1.78. The van der Waals surface area contributed by atoms with Crippen LogP contribution in [0.5, 0.6) is 0 Å². The third kappa shape index (κ3) is 5.11. The van der Waals surface area contributed by atoms with Gasteiger partial charge in [-0.1, -0.05) is 71.9 Å². The standard InChI is InChI=1S/C21H24N8S/c1-16-8-10-17(11-9-16)15-29-24-19(20(25-29)18-6-4-3-5-7-18)14-22-12-13-30-21-23-26-27-28(21)2/h3-11,22H,12-15H2,1-2H3. The van der Waals surface area contributed by atoms with Crippen molar-refractivity contribution in [1.29, 1.82) is 0 Å². The van der Waals surface area contributed by atoms with Crippen LogP contribution >= 0.6 is 11.8 Å². The van der Waals surface area contributed by atoms with Crippen LogP contribution in [0.4, 0.5) is 0 Å².